The number of aryl methyl sites for hydroxylation is 1. The second-order valence-electron chi connectivity index (χ2n) is 5.85. The number of nitrogen functional groups attached to an aromatic ring is 1. The predicted octanol–water partition coefficient (Wildman–Crippen LogP) is 2.93. The lowest BCUT2D eigenvalue weighted by molar-refractivity contribution is 0.728. The molecule has 0 unspecified atom stereocenters. The lowest BCUT2D eigenvalue weighted by Gasteiger charge is -2.09. The molecule has 0 saturated carbocycles. The van der Waals surface area contributed by atoms with Crippen LogP contribution in [-0.4, -0.2) is 29.3 Å². The molecule has 25 heavy (non-hydrogen) atoms. The van der Waals surface area contributed by atoms with Crippen molar-refractivity contribution in [1.82, 2.24) is 29.3 Å². The summed E-state index contributed by atoms with van der Waals surface area (Å²) in [5.41, 5.74) is 8.85. The van der Waals surface area contributed by atoms with E-state index in [-0.39, 0.29) is 0 Å². The van der Waals surface area contributed by atoms with Crippen LogP contribution >= 0.6 is 0 Å². The van der Waals surface area contributed by atoms with Crippen LogP contribution in [0.5, 0.6) is 0 Å². The Hall–Kier alpha value is -3.22. The number of aromatic nitrogens is 6. The zero-order valence-electron chi connectivity index (χ0n) is 14.0. The van der Waals surface area contributed by atoms with Gasteiger partial charge in [0.15, 0.2) is 5.82 Å². The van der Waals surface area contributed by atoms with Crippen LogP contribution in [0.4, 0.5) is 5.95 Å². The Morgan fingerprint density at radius 1 is 1.08 bits per heavy atom. The van der Waals surface area contributed by atoms with Gasteiger partial charge >= 0.3 is 0 Å². The molecule has 0 saturated heterocycles. The molecule has 0 fully saturated rings. The quantitative estimate of drug-likeness (QED) is 0.607. The van der Waals surface area contributed by atoms with Crippen molar-refractivity contribution >= 4 is 17.0 Å². The third-order valence-electron chi connectivity index (χ3n) is 4.07. The molecule has 0 amide bonds. The van der Waals surface area contributed by atoms with E-state index in [0.717, 1.165) is 41.8 Å². The van der Waals surface area contributed by atoms with Crippen molar-refractivity contribution in [3.8, 4) is 11.6 Å². The third-order valence-corrected chi connectivity index (χ3v) is 4.07. The van der Waals surface area contributed by atoms with Crippen molar-refractivity contribution in [1.29, 1.82) is 0 Å². The van der Waals surface area contributed by atoms with Crippen molar-refractivity contribution in [2.24, 2.45) is 0 Å². The van der Waals surface area contributed by atoms with Gasteiger partial charge in [0.05, 0.1) is 11.7 Å². The number of nitrogens with zero attached hydrogens (tertiary/aromatic N) is 6. The Labute approximate surface area is 145 Å². The van der Waals surface area contributed by atoms with Gasteiger partial charge in [0, 0.05) is 18.3 Å². The highest BCUT2D eigenvalue weighted by Crippen LogP contribution is 2.24. The summed E-state index contributed by atoms with van der Waals surface area (Å²) in [6.45, 7) is 2.14. The van der Waals surface area contributed by atoms with Crippen LogP contribution in [0, 0.1) is 0 Å². The monoisotopic (exact) mass is 333 g/mol. The molecule has 126 valence electrons. The summed E-state index contributed by atoms with van der Waals surface area (Å²) in [5.74, 6) is 1.69. The maximum atomic E-state index is 6.13. The van der Waals surface area contributed by atoms with Gasteiger partial charge in [0.1, 0.15) is 5.52 Å². The highest BCUT2D eigenvalue weighted by Gasteiger charge is 2.18. The first-order valence-corrected chi connectivity index (χ1v) is 8.37. The Morgan fingerprint density at radius 2 is 1.92 bits per heavy atom. The Morgan fingerprint density at radius 3 is 2.72 bits per heavy atom. The second kappa shape index (κ2) is 6.35. The fourth-order valence-corrected chi connectivity index (χ4v) is 2.85. The van der Waals surface area contributed by atoms with E-state index in [1.807, 2.05) is 41.0 Å². The molecule has 0 aliphatic heterocycles. The maximum Gasteiger partial charge on any atom is 0.239 e. The van der Waals surface area contributed by atoms with Crippen molar-refractivity contribution in [3.63, 3.8) is 0 Å². The van der Waals surface area contributed by atoms with Crippen LogP contribution in [0.3, 0.4) is 0 Å². The number of unbranched alkanes of at least 4 members (excludes halogenated alkanes) is 1. The van der Waals surface area contributed by atoms with E-state index in [2.05, 4.69) is 22.0 Å². The number of imidazole rings is 1. The third kappa shape index (κ3) is 2.73. The Bertz CT molecular complexity index is 1000. The highest BCUT2D eigenvalue weighted by molar-refractivity contribution is 5.78. The van der Waals surface area contributed by atoms with E-state index in [1.54, 1.807) is 17.1 Å². The summed E-state index contributed by atoms with van der Waals surface area (Å²) in [6.07, 6.45) is 6.42. The molecule has 0 atom stereocenters. The van der Waals surface area contributed by atoms with Gasteiger partial charge in [-0.25, -0.2) is 4.98 Å². The minimum Gasteiger partial charge on any atom is -0.368 e. The SMILES string of the molecule is CCCCc1nc(N)n(-c2nc3cnccc3n2-c2ccccc2)n1. The number of rotatable bonds is 5. The molecule has 0 spiro atoms. The minimum atomic E-state index is 0.339. The molecule has 0 aliphatic rings. The first-order chi connectivity index (χ1) is 12.3. The number of anilines is 1. The van der Waals surface area contributed by atoms with Crippen molar-refractivity contribution in [3.05, 3.63) is 54.6 Å². The van der Waals surface area contributed by atoms with E-state index in [4.69, 9.17) is 10.7 Å². The first kappa shape index (κ1) is 15.3. The van der Waals surface area contributed by atoms with Gasteiger partial charge in [-0.15, -0.1) is 5.10 Å². The van der Waals surface area contributed by atoms with Crippen LogP contribution < -0.4 is 5.73 Å². The molecule has 4 aromatic rings. The number of fused-ring (bicyclic) bond motifs is 1. The minimum absolute atomic E-state index is 0.339. The molecule has 0 radical (unpaired) electrons. The molecule has 1 aromatic carbocycles. The lowest BCUT2D eigenvalue weighted by Crippen LogP contribution is -2.10. The average molecular weight is 333 g/mol. The van der Waals surface area contributed by atoms with Crippen molar-refractivity contribution in [2.45, 2.75) is 26.2 Å². The summed E-state index contributed by atoms with van der Waals surface area (Å²) < 4.78 is 3.63. The molecular weight excluding hydrogens is 314 g/mol. The molecule has 3 heterocycles. The van der Waals surface area contributed by atoms with Gasteiger partial charge in [0.2, 0.25) is 11.9 Å². The van der Waals surface area contributed by atoms with Crippen molar-refractivity contribution in [2.75, 3.05) is 5.73 Å². The molecule has 0 aliphatic carbocycles. The molecule has 7 nitrogen and oxygen atoms in total. The van der Waals surface area contributed by atoms with Crippen LogP contribution in [0.1, 0.15) is 25.6 Å². The van der Waals surface area contributed by atoms with Crippen LogP contribution in [0.25, 0.3) is 22.7 Å². The number of hydrogen-bond acceptors (Lipinski definition) is 5. The number of para-hydroxylation sites is 1. The van der Waals surface area contributed by atoms with E-state index in [9.17, 15) is 0 Å². The Balaban J connectivity index is 1.92. The summed E-state index contributed by atoms with van der Waals surface area (Å²) in [5, 5.41) is 4.58. The fraction of sp³-hybridized carbons (Fsp3) is 0.222. The topological polar surface area (TPSA) is 87.4 Å². The largest absolute Gasteiger partial charge is 0.368 e. The molecule has 7 heteroatoms. The zero-order valence-corrected chi connectivity index (χ0v) is 14.0. The van der Waals surface area contributed by atoms with Gasteiger partial charge in [0.25, 0.3) is 0 Å². The lowest BCUT2D eigenvalue weighted by atomic mass is 10.2. The van der Waals surface area contributed by atoms with Gasteiger partial charge < -0.3 is 5.73 Å². The van der Waals surface area contributed by atoms with Gasteiger partial charge in [-0.05, 0) is 24.6 Å². The molecule has 4 rings (SSSR count). The summed E-state index contributed by atoms with van der Waals surface area (Å²) in [7, 11) is 0. The second-order valence-corrected chi connectivity index (χ2v) is 5.85. The summed E-state index contributed by atoms with van der Waals surface area (Å²) >= 11 is 0. The van der Waals surface area contributed by atoms with Crippen LogP contribution in [-0.2, 0) is 6.42 Å². The van der Waals surface area contributed by atoms with Crippen LogP contribution in [0.2, 0.25) is 0 Å². The van der Waals surface area contributed by atoms with E-state index in [0.29, 0.717) is 11.9 Å². The predicted molar refractivity (Wildman–Crippen MR) is 96.8 cm³/mol. The summed E-state index contributed by atoms with van der Waals surface area (Å²) in [6, 6.07) is 11.9. The maximum absolute atomic E-state index is 6.13. The van der Waals surface area contributed by atoms with E-state index >= 15 is 0 Å². The van der Waals surface area contributed by atoms with Gasteiger partial charge in [-0.1, -0.05) is 31.5 Å². The normalized spacial score (nSPS) is 11.2. The molecular formula is C18H19N7. The van der Waals surface area contributed by atoms with E-state index in [1.165, 1.54) is 0 Å². The molecule has 3 aromatic heterocycles. The average Bonchev–Trinajstić information content (AvgIpc) is 3.20. The van der Waals surface area contributed by atoms with E-state index < -0.39 is 0 Å². The summed E-state index contributed by atoms with van der Waals surface area (Å²) in [4.78, 5) is 13.3. The number of benzene rings is 1. The molecule has 0 bridgehead atoms. The smallest absolute Gasteiger partial charge is 0.239 e. The van der Waals surface area contributed by atoms with Crippen LogP contribution in [0.15, 0.2) is 48.8 Å². The van der Waals surface area contributed by atoms with Gasteiger partial charge in [-0.3, -0.25) is 9.55 Å². The zero-order chi connectivity index (χ0) is 17.2. The molecule has 2 N–H and O–H groups in total. The van der Waals surface area contributed by atoms with Crippen molar-refractivity contribution < 1.29 is 0 Å². The first-order valence-electron chi connectivity index (χ1n) is 8.37. The van der Waals surface area contributed by atoms with Gasteiger partial charge in [-0.2, -0.15) is 9.67 Å². The highest BCUT2D eigenvalue weighted by atomic mass is 15.5. The number of pyridine rings is 1. The Kier molecular flexibility index (Phi) is 3.89. The number of hydrogen-bond donors (Lipinski definition) is 1. The standard InChI is InChI=1S/C18H19N7/c1-2-3-9-16-22-17(19)25(23-16)18-21-14-12-20-11-10-15(14)24(18)13-7-5-4-6-8-13/h4-8,10-12H,2-3,9H2,1H3,(H2,19,22,23). The fourth-order valence-electron chi connectivity index (χ4n) is 2.85. The number of nitrogens with two attached hydrogens (primary N) is 1.